The summed E-state index contributed by atoms with van der Waals surface area (Å²) in [6.07, 6.45) is 7.09. The molecular weight excluding hydrogens is 800 g/mol. The predicted octanol–water partition coefficient (Wildman–Crippen LogP) is 16.0. The number of hydrogen-bond donors (Lipinski definition) is 0. The molecule has 0 amide bonds. The number of nitrogens with zero attached hydrogens (tertiary/aromatic N) is 2. The highest BCUT2D eigenvalue weighted by molar-refractivity contribution is 6.95. The summed E-state index contributed by atoms with van der Waals surface area (Å²) in [5.41, 5.74) is 25.8. The van der Waals surface area contributed by atoms with Gasteiger partial charge in [-0.25, -0.2) is 0 Å². The van der Waals surface area contributed by atoms with Crippen molar-refractivity contribution in [2.45, 2.75) is 168 Å². The monoisotopic (exact) mass is 869 g/mol. The third kappa shape index (κ3) is 5.75. The van der Waals surface area contributed by atoms with Crippen molar-refractivity contribution >= 4 is 68.1 Å². The van der Waals surface area contributed by atoms with Gasteiger partial charge in [0.25, 0.3) is 0 Å². The zero-order chi connectivity index (χ0) is 46.4. The second-order valence-corrected chi connectivity index (χ2v) is 25.5. The van der Waals surface area contributed by atoms with E-state index in [1.807, 2.05) is 0 Å². The van der Waals surface area contributed by atoms with Crippen molar-refractivity contribution in [3.05, 3.63) is 136 Å². The molecule has 6 aromatic carbocycles. The molecule has 1 aromatic heterocycles. The highest BCUT2D eigenvalue weighted by atomic mass is 16.3. The van der Waals surface area contributed by atoms with Crippen LogP contribution in [0.5, 0.6) is 0 Å². The lowest BCUT2D eigenvalue weighted by Gasteiger charge is -2.49. The van der Waals surface area contributed by atoms with Crippen molar-refractivity contribution in [2.24, 2.45) is 0 Å². The van der Waals surface area contributed by atoms with Gasteiger partial charge in [-0.2, -0.15) is 0 Å². The molecule has 0 saturated heterocycles. The highest BCUT2D eigenvalue weighted by Gasteiger charge is 2.50. The average molecular weight is 869 g/mol. The van der Waals surface area contributed by atoms with Crippen LogP contribution in [0.2, 0.25) is 0 Å². The maximum absolute atomic E-state index is 6.88. The molecule has 336 valence electrons. The minimum atomic E-state index is -0.122. The first-order valence-electron chi connectivity index (χ1n) is 25.2. The zero-order valence-corrected chi connectivity index (χ0v) is 42.3. The molecule has 0 saturated carbocycles. The number of anilines is 5. The van der Waals surface area contributed by atoms with Crippen LogP contribution in [0, 0.1) is 13.8 Å². The van der Waals surface area contributed by atoms with E-state index in [0.717, 1.165) is 11.2 Å². The summed E-state index contributed by atoms with van der Waals surface area (Å²) in [6.45, 7) is 34.2. The molecule has 0 radical (unpaired) electrons. The van der Waals surface area contributed by atoms with E-state index in [-0.39, 0.29) is 39.3 Å². The topological polar surface area (TPSA) is 19.6 Å². The fourth-order valence-electron chi connectivity index (χ4n) is 13.7. The lowest BCUT2D eigenvalue weighted by atomic mass is 9.42. The van der Waals surface area contributed by atoms with Gasteiger partial charge in [-0.3, -0.25) is 0 Å². The van der Waals surface area contributed by atoms with E-state index in [1.165, 1.54) is 144 Å². The molecule has 3 heterocycles. The van der Waals surface area contributed by atoms with E-state index in [0.29, 0.717) is 0 Å². The molecule has 3 nitrogen and oxygen atoms in total. The van der Waals surface area contributed by atoms with Crippen molar-refractivity contribution in [2.75, 3.05) is 9.71 Å². The van der Waals surface area contributed by atoms with Crippen LogP contribution in [0.1, 0.15) is 166 Å². The molecule has 0 spiro atoms. The Morgan fingerprint density at radius 1 is 0.439 bits per heavy atom. The van der Waals surface area contributed by atoms with E-state index in [9.17, 15) is 0 Å². The van der Waals surface area contributed by atoms with Crippen molar-refractivity contribution in [3.63, 3.8) is 0 Å². The SMILES string of the molecule is Cc1cc2c3c(c1)N(c1cc4c(cc1C)C(C)(C)CCC4(C)C)c1ccc4oc5ccccc5c4c1B3N(c1ccc3c(c1)C(C)(C)CCC3(C)C)c1cc3c(cc1-2)C(C)(C)CCC3(C)C. The molecule has 0 atom stereocenters. The maximum atomic E-state index is 6.88. The molecule has 2 aliphatic heterocycles. The smallest absolute Gasteiger partial charge is 0.333 e. The Bertz CT molecular complexity index is 3260. The molecule has 0 unspecified atom stereocenters. The molecule has 3 aliphatic carbocycles. The predicted molar refractivity (Wildman–Crippen MR) is 283 cm³/mol. The van der Waals surface area contributed by atoms with Crippen molar-refractivity contribution in [3.8, 4) is 11.1 Å². The number of fused-ring (bicyclic) bond motifs is 11. The third-order valence-electron chi connectivity index (χ3n) is 18.2. The number of aryl methyl sites for hydroxylation is 2. The first-order chi connectivity index (χ1) is 31.0. The summed E-state index contributed by atoms with van der Waals surface area (Å²) < 4.78 is 6.88. The zero-order valence-electron chi connectivity index (χ0n) is 42.3. The van der Waals surface area contributed by atoms with Crippen LogP contribution >= 0.6 is 0 Å². The fourth-order valence-corrected chi connectivity index (χ4v) is 13.7. The molecule has 5 aliphatic rings. The summed E-state index contributed by atoms with van der Waals surface area (Å²) in [7, 11) is 0. The van der Waals surface area contributed by atoms with Crippen LogP contribution in [0.3, 0.4) is 0 Å². The number of rotatable bonds is 2. The Labute approximate surface area is 395 Å². The Balaban J connectivity index is 1.25. The molecule has 0 N–H and O–H groups in total. The normalized spacial score (nSPS) is 20.8. The van der Waals surface area contributed by atoms with E-state index >= 15 is 0 Å². The van der Waals surface area contributed by atoms with Crippen LogP contribution in [-0.4, -0.2) is 6.85 Å². The van der Waals surface area contributed by atoms with Crippen LogP contribution in [0.4, 0.5) is 28.4 Å². The number of furan rings is 1. The van der Waals surface area contributed by atoms with E-state index < -0.39 is 0 Å². The largest absolute Gasteiger partial charge is 0.456 e. The second kappa shape index (κ2) is 13.3. The third-order valence-corrected chi connectivity index (χ3v) is 18.2. The van der Waals surface area contributed by atoms with Gasteiger partial charge in [0.2, 0.25) is 0 Å². The number of para-hydroxylation sites is 1. The summed E-state index contributed by atoms with van der Waals surface area (Å²) in [6, 6.07) is 36.5. The van der Waals surface area contributed by atoms with E-state index in [2.05, 4.69) is 198 Å². The lowest BCUT2D eigenvalue weighted by molar-refractivity contribution is 0.332. The van der Waals surface area contributed by atoms with Crippen molar-refractivity contribution < 1.29 is 4.42 Å². The van der Waals surface area contributed by atoms with Crippen LogP contribution in [0.25, 0.3) is 33.1 Å². The van der Waals surface area contributed by atoms with E-state index in [1.54, 1.807) is 0 Å². The lowest BCUT2D eigenvalue weighted by Crippen LogP contribution is -2.62. The molecule has 0 fully saturated rings. The summed E-state index contributed by atoms with van der Waals surface area (Å²) in [5, 5.41) is 2.40. The van der Waals surface area contributed by atoms with Gasteiger partial charge in [0, 0.05) is 44.8 Å². The van der Waals surface area contributed by atoms with Gasteiger partial charge in [0.1, 0.15) is 11.2 Å². The minimum absolute atomic E-state index is 0.0487. The molecule has 7 aromatic rings. The molecule has 66 heavy (non-hydrogen) atoms. The Hall–Kier alpha value is -5.22. The molecule has 4 heteroatoms. The molecular formula is C62H69BN2O. The van der Waals surface area contributed by atoms with Gasteiger partial charge >= 0.3 is 6.85 Å². The van der Waals surface area contributed by atoms with Gasteiger partial charge in [0.15, 0.2) is 0 Å². The van der Waals surface area contributed by atoms with Crippen LogP contribution in [-0.2, 0) is 32.5 Å². The number of benzene rings is 6. The standard InChI is InChI=1S/C62H69BN2O/c1-36-29-41-40-33-45-47(62(13,14)28-26-60(45,9)10)35-50(40)65(38-19-20-42-44(32-38)59(7,8)24-23-57(42,3)4)63-55(41)51(30-36)64(48-21-22-53-54(56(48)63)39-17-15-16-18-52(39)66-53)49-34-46-43(31-37(49)2)58(5,6)25-27-61(46,11)12/h15-22,29-35H,23-28H2,1-14H3. The Morgan fingerprint density at radius 3 is 1.62 bits per heavy atom. The van der Waals surface area contributed by atoms with Gasteiger partial charge in [-0.1, -0.05) is 119 Å². The van der Waals surface area contributed by atoms with Gasteiger partial charge in [0.05, 0.1) is 0 Å². The molecule has 0 bridgehead atoms. The van der Waals surface area contributed by atoms with Crippen molar-refractivity contribution in [1.82, 2.24) is 0 Å². The summed E-state index contributed by atoms with van der Waals surface area (Å²) >= 11 is 0. The second-order valence-electron chi connectivity index (χ2n) is 25.5. The minimum Gasteiger partial charge on any atom is -0.456 e. The maximum Gasteiger partial charge on any atom is 0.333 e. The first kappa shape index (κ1) is 42.2. The molecule has 12 rings (SSSR count). The first-order valence-corrected chi connectivity index (χ1v) is 25.2. The van der Waals surface area contributed by atoms with Gasteiger partial charge < -0.3 is 14.1 Å². The quantitative estimate of drug-likeness (QED) is 0.161. The Kier molecular flexibility index (Phi) is 8.48. The summed E-state index contributed by atoms with van der Waals surface area (Å²) in [4.78, 5) is 5.48. The fraction of sp³-hybridized carbons (Fsp3) is 0.419. The average Bonchev–Trinajstić information content (AvgIpc) is 3.64. The van der Waals surface area contributed by atoms with Gasteiger partial charge in [-0.05, 0) is 200 Å². The Morgan fingerprint density at radius 2 is 0.985 bits per heavy atom. The van der Waals surface area contributed by atoms with Crippen LogP contribution in [0.15, 0.2) is 95.4 Å². The van der Waals surface area contributed by atoms with E-state index in [4.69, 9.17) is 4.42 Å². The van der Waals surface area contributed by atoms with Gasteiger partial charge in [-0.15, -0.1) is 0 Å². The highest BCUT2D eigenvalue weighted by Crippen LogP contribution is 2.56. The summed E-state index contributed by atoms with van der Waals surface area (Å²) in [5.74, 6) is 0. The van der Waals surface area contributed by atoms with Crippen LogP contribution < -0.4 is 20.6 Å². The number of hydrogen-bond acceptors (Lipinski definition) is 3. The van der Waals surface area contributed by atoms with Crippen molar-refractivity contribution in [1.29, 1.82) is 0 Å².